The van der Waals surface area contributed by atoms with E-state index in [2.05, 4.69) is 20.9 Å². The SMILES string of the molecule is CC(C)(C)c1cc(-c2ccc(F)cc2)nn2cc(C(=O)N3CCN(C(=O)c4cn(CC(=O)NCCOCCOCCOCCOCCOCCOCCOCCOCCC(=O)NC(CC(=O)O)C(N)=O)nn4)CC3(C)C)nc12. The molecule has 0 aliphatic carbocycles. The van der Waals surface area contributed by atoms with Gasteiger partial charge in [0.15, 0.2) is 11.3 Å². The molecule has 78 heavy (non-hydrogen) atoms. The molecule has 430 valence electrons. The zero-order valence-electron chi connectivity index (χ0n) is 45.1. The Labute approximate surface area is 451 Å². The van der Waals surface area contributed by atoms with E-state index in [0.29, 0.717) is 90.6 Å². The highest BCUT2D eigenvalue weighted by atomic mass is 19.1. The molecule has 1 aromatic carbocycles. The fourth-order valence-corrected chi connectivity index (χ4v) is 7.81. The molecule has 5 amide bonds. The van der Waals surface area contributed by atoms with Gasteiger partial charge in [-0.1, -0.05) is 26.0 Å². The predicted octanol–water partition coefficient (Wildman–Crippen LogP) is 0.885. The number of carbonyl (C=O) groups excluding carboxylic acids is 5. The minimum atomic E-state index is -1.27. The average molecular weight is 1100 g/mol. The van der Waals surface area contributed by atoms with E-state index in [1.807, 2.05) is 40.7 Å². The maximum absolute atomic E-state index is 14.1. The summed E-state index contributed by atoms with van der Waals surface area (Å²) >= 11 is 0. The third-order valence-electron chi connectivity index (χ3n) is 11.8. The lowest BCUT2D eigenvalue weighted by molar-refractivity contribution is -0.140. The number of amides is 5. The summed E-state index contributed by atoms with van der Waals surface area (Å²) in [5.41, 5.74) is 7.02. The normalized spacial score (nSPS) is 13.9. The molecule has 1 aliphatic heterocycles. The molecular formula is C51H74FN11O15. The number of carbonyl (C=O) groups is 6. The summed E-state index contributed by atoms with van der Waals surface area (Å²) < 4.78 is 60.2. The molecule has 3 aromatic heterocycles. The van der Waals surface area contributed by atoms with Gasteiger partial charge >= 0.3 is 5.97 Å². The molecule has 0 radical (unpaired) electrons. The number of rotatable bonds is 36. The lowest BCUT2D eigenvalue weighted by Gasteiger charge is -2.46. The number of primary amides is 1. The molecule has 0 bridgehead atoms. The number of nitrogens with zero attached hydrogens (tertiary/aromatic N) is 8. The van der Waals surface area contributed by atoms with Crippen molar-refractivity contribution < 1.29 is 76.2 Å². The minimum absolute atomic E-state index is 0.0605. The van der Waals surface area contributed by atoms with Crippen LogP contribution in [0.15, 0.2) is 42.7 Å². The molecule has 5 rings (SSSR count). The first-order valence-corrected chi connectivity index (χ1v) is 25.7. The van der Waals surface area contributed by atoms with Crippen LogP contribution in [0, 0.1) is 5.82 Å². The van der Waals surface area contributed by atoms with Gasteiger partial charge in [-0.25, -0.2) is 18.6 Å². The zero-order valence-corrected chi connectivity index (χ0v) is 45.1. The summed E-state index contributed by atoms with van der Waals surface area (Å²) in [6, 6.07) is 6.73. The maximum atomic E-state index is 14.1. The van der Waals surface area contributed by atoms with E-state index < -0.39 is 35.8 Å². The first-order chi connectivity index (χ1) is 37.3. The van der Waals surface area contributed by atoms with Crippen molar-refractivity contribution in [3.63, 3.8) is 0 Å². The highest BCUT2D eigenvalue weighted by Gasteiger charge is 2.40. The van der Waals surface area contributed by atoms with Gasteiger partial charge in [-0.3, -0.25) is 28.8 Å². The Bertz CT molecular complexity index is 2560. The number of carboxylic acids is 1. The third kappa shape index (κ3) is 21.0. The van der Waals surface area contributed by atoms with Crippen LogP contribution < -0.4 is 16.4 Å². The first-order valence-electron chi connectivity index (χ1n) is 25.7. The number of imidazole rings is 1. The number of carboxylic acid groups (broad SMARTS) is 1. The maximum Gasteiger partial charge on any atom is 0.305 e. The van der Waals surface area contributed by atoms with Gasteiger partial charge in [0, 0.05) is 43.7 Å². The van der Waals surface area contributed by atoms with Crippen LogP contribution in [0.1, 0.15) is 74.0 Å². The van der Waals surface area contributed by atoms with Crippen LogP contribution in [0.5, 0.6) is 0 Å². The number of hydrogen-bond acceptors (Lipinski definition) is 18. The van der Waals surface area contributed by atoms with Gasteiger partial charge in [0.1, 0.15) is 24.1 Å². The van der Waals surface area contributed by atoms with Gasteiger partial charge in [0.05, 0.1) is 136 Å². The monoisotopic (exact) mass is 1100 g/mol. The van der Waals surface area contributed by atoms with E-state index >= 15 is 0 Å². The van der Waals surface area contributed by atoms with Crippen LogP contribution in [0.2, 0.25) is 0 Å². The summed E-state index contributed by atoms with van der Waals surface area (Å²) in [6.07, 6.45) is 2.38. The molecule has 5 N–H and O–H groups in total. The Hall–Kier alpha value is -6.59. The van der Waals surface area contributed by atoms with E-state index in [1.54, 1.807) is 32.6 Å². The van der Waals surface area contributed by atoms with Gasteiger partial charge in [-0.15, -0.1) is 5.10 Å². The summed E-state index contributed by atoms with van der Waals surface area (Å²) in [6.45, 7) is 16.1. The van der Waals surface area contributed by atoms with E-state index in [9.17, 15) is 33.2 Å². The second-order valence-electron chi connectivity index (χ2n) is 19.5. The molecule has 1 unspecified atom stereocenters. The molecule has 26 nitrogen and oxygen atoms in total. The molecule has 1 saturated heterocycles. The van der Waals surface area contributed by atoms with Crippen LogP contribution >= 0.6 is 0 Å². The number of piperazine rings is 1. The Morgan fingerprint density at radius 1 is 0.731 bits per heavy atom. The van der Waals surface area contributed by atoms with Crippen LogP contribution in [0.3, 0.4) is 0 Å². The number of aliphatic carboxylic acids is 1. The lowest BCUT2D eigenvalue weighted by Crippen LogP contribution is -2.62. The number of benzene rings is 1. The van der Waals surface area contributed by atoms with Gasteiger partial charge in [-0.05, 0) is 49.6 Å². The van der Waals surface area contributed by atoms with Crippen molar-refractivity contribution in [3.8, 4) is 11.3 Å². The number of nitrogens with one attached hydrogen (secondary N) is 2. The molecular weight excluding hydrogens is 1030 g/mol. The predicted molar refractivity (Wildman–Crippen MR) is 276 cm³/mol. The molecule has 1 atom stereocenters. The third-order valence-corrected chi connectivity index (χ3v) is 11.8. The number of ether oxygens (including phenoxy) is 8. The van der Waals surface area contributed by atoms with Crippen molar-refractivity contribution in [2.75, 3.05) is 132 Å². The Balaban J connectivity index is 0.824. The van der Waals surface area contributed by atoms with Crippen molar-refractivity contribution in [2.45, 2.75) is 71.0 Å². The van der Waals surface area contributed by atoms with E-state index in [-0.39, 0.29) is 106 Å². The van der Waals surface area contributed by atoms with Crippen molar-refractivity contribution in [3.05, 3.63) is 65.5 Å². The fourth-order valence-electron chi connectivity index (χ4n) is 7.81. The zero-order chi connectivity index (χ0) is 56.5. The molecule has 1 fully saturated rings. The van der Waals surface area contributed by atoms with E-state index in [0.717, 1.165) is 11.1 Å². The highest BCUT2D eigenvalue weighted by Crippen LogP contribution is 2.31. The van der Waals surface area contributed by atoms with Crippen LogP contribution in [0.4, 0.5) is 4.39 Å². The van der Waals surface area contributed by atoms with Gasteiger partial charge in [0.25, 0.3) is 11.8 Å². The average Bonchev–Trinajstić information content (AvgIpc) is 4.11. The summed E-state index contributed by atoms with van der Waals surface area (Å²) in [5, 5.41) is 26.5. The Kier molecular flexibility index (Phi) is 25.3. The Morgan fingerprint density at radius 3 is 1.78 bits per heavy atom. The molecule has 27 heteroatoms. The number of fused-ring (bicyclic) bond motifs is 1. The van der Waals surface area contributed by atoms with Crippen LogP contribution in [-0.4, -0.2) is 223 Å². The largest absolute Gasteiger partial charge is 0.481 e. The first kappa shape index (κ1) is 62.3. The van der Waals surface area contributed by atoms with Gasteiger partial charge < -0.3 is 69.2 Å². The number of nitrogens with two attached hydrogens (primary N) is 1. The summed E-state index contributed by atoms with van der Waals surface area (Å²) in [4.78, 5) is 82.1. The molecule has 4 aromatic rings. The molecule has 0 saturated carbocycles. The number of aromatic nitrogens is 6. The highest BCUT2D eigenvalue weighted by molar-refractivity contribution is 5.95. The minimum Gasteiger partial charge on any atom is -0.481 e. The van der Waals surface area contributed by atoms with Gasteiger partial charge in [0.2, 0.25) is 17.7 Å². The second-order valence-corrected chi connectivity index (χ2v) is 19.5. The van der Waals surface area contributed by atoms with Gasteiger partial charge in [-0.2, -0.15) is 5.10 Å². The molecule has 0 spiro atoms. The van der Waals surface area contributed by atoms with Crippen molar-refractivity contribution in [2.24, 2.45) is 5.73 Å². The molecule has 4 heterocycles. The Morgan fingerprint density at radius 2 is 1.27 bits per heavy atom. The van der Waals surface area contributed by atoms with Crippen molar-refractivity contribution >= 4 is 41.2 Å². The van der Waals surface area contributed by atoms with Crippen LogP contribution in [-0.2, 0) is 69.0 Å². The quantitative estimate of drug-likeness (QED) is 0.0460. The molecule has 1 aliphatic rings. The van der Waals surface area contributed by atoms with Crippen LogP contribution in [0.25, 0.3) is 16.9 Å². The topological polar surface area (TPSA) is 314 Å². The summed E-state index contributed by atoms with van der Waals surface area (Å²) in [5.74, 6) is -4.08. The summed E-state index contributed by atoms with van der Waals surface area (Å²) in [7, 11) is 0. The fraction of sp³-hybridized carbons (Fsp3) is 0.608. The van der Waals surface area contributed by atoms with E-state index in [4.69, 9.17) is 58.8 Å². The number of halogens is 1. The van der Waals surface area contributed by atoms with Crippen molar-refractivity contribution in [1.29, 1.82) is 0 Å². The smallest absolute Gasteiger partial charge is 0.305 e. The lowest BCUT2D eigenvalue weighted by atomic mass is 9.87. The standard InChI is InChI=1S/C51H74FN11O15/c1-50(2,3)38-30-39(36-6-8-37(52)9-7-36)58-63-33-41(56-47(38)63)49(70)62-13-12-60(35-51(62,4)5)48(69)42-32-61(59-57-42)34-44(65)54-11-15-72-17-19-74-21-23-76-25-27-78-29-28-77-26-24-75-22-20-73-18-16-71-14-10-43(64)55-40(46(53)68)31-45(66)67/h6-9,30,32-33,40H,10-29,31,34-35H2,1-5H3,(H2,53,68)(H,54,65)(H,55,64)(H,66,67). The number of hydrogen-bond donors (Lipinski definition) is 4. The second kappa shape index (κ2) is 31.7. The van der Waals surface area contributed by atoms with E-state index in [1.165, 1.54) is 23.0 Å². The van der Waals surface area contributed by atoms with Crippen molar-refractivity contribution in [1.82, 2.24) is 50.0 Å².